The minimum Gasteiger partial charge on any atom is -0.0623 e. The Hall–Kier alpha value is 0. The van der Waals surface area contributed by atoms with Crippen molar-refractivity contribution in [2.75, 3.05) is 0 Å². The molecular weight excluding hydrogens is 216 g/mol. The highest BCUT2D eigenvalue weighted by Crippen LogP contribution is 2.51. The topological polar surface area (TPSA) is 0 Å². The molecule has 0 aliphatic heterocycles. The highest BCUT2D eigenvalue weighted by atomic mass is 14.5. The standard InChI is InChI=1S/C18H38/c1-13(2)17(8,9)15(5)12-16(6,7)18(10,11)14(3)4/h13-15H,12H2,1-11H3. The van der Waals surface area contributed by atoms with Crippen molar-refractivity contribution >= 4 is 0 Å². The van der Waals surface area contributed by atoms with Crippen LogP contribution in [0.25, 0.3) is 0 Å². The molecule has 1 atom stereocenters. The Labute approximate surface area is 117 Å². The van der Waals surface area contributed by atoms with E-state index in [1.807, 2.05) is 0 Å². The van der Waals surface area contributed by atoms with E-state index in [1.165, 1.54) is 6.42 Å². The zero-order chi connectivity index (χ0) is 14.9. The molecule has 1 unspecified atom stereocenters. The van der Waals surface area contributed by atoms with Gasteiger partial charge in [-0.25, -0.2) is 0 Å². The van der Waals surface area contributed by atoms with Crippen LogP contribution in [0.4, 0.5) is 0 Å². The number of hydrogen-bond donors (Lipinski definition) is 0. The Kier molecular flexibility index (Phi) is 5.55. The lowest BCUT2D eigenvalue weighted by Crippen LogP contribution is -2.41. The molecular formula is C18H38. The second kappa shape index (κ2) is 5.55. The molecule has 0 saturated heterocycles. The van der Waals surface area contributed by atoms with E-state index in [0.29, 0.717) is 16.2 Å². The van der Waals surface area contributed by atoms with Gasteiger partial charge in [0, 0.05) is 0 Å². The van der Waals surface area contributed by atoms with Gasteiger partial charge in [0.05, 0.1) is 0 Å². The number of hydrogen-bond acceptors (Lipinski definition) is 0. The quantitative estimate of drug-likeness (QED) is 0.514. The molecule has 0 saturated carbocycles. The van der Waals surface area contributed by atoms with Crippen LogP contribution in [0.1, 0.15) is 82.6 Å². The van der Waals surface area contributed by atoms with Gasteiger partial charge in [0.1, 0.15) is 0 Å². The Morgan fingerprint density at radius 1 is 0.667 bits per heavy atom. The summed E-state index contributed by atoms with van der Waals surface area (Å²) in [6.45, 7) is 26.5. The van der Waals surface area contributed by atoms with Crippen molar-refractivity contribution in [3.8, 4) is 0 Å². The van der Waals surface area contributed by atoms with Gasteiger partial charge in [0.2, 0.25) is 0 Å². The minimum absolute atomic E-state index is 0.382. The zero-order valence-electron chi connectivity index (χ0n) is 14.9. The summed E-state index contributed by atoms with van der Waals surface area (Å²) in [5.41, 5.74) is 1.19. The van der Waals surface area contributed by atoms with E-state index in [1.54, 1.807) is 0 Å². The Balaban J connectivity index is 5.00. The SMILES string of the molecule is CC(C)C(C)(C)C(C)CC(C)(C)C(C)(C)C(C)C. The summed E-state index contributed by atoms with van der Waals surface area (Å²) in [5, 5.41) is 0. The third kappa shape index (κ3) is 3.52. The average molecular weight is 255 g/mol. The average Bonchev–Trinajstić information content (AvgIpc) is 2.15. The van der Waals surface area contributed by atoms with Gasteiger partial charge in [-0.15, -0.1) is 0 Å². The maximum absolute atomic E-state index is 2.46. The molecule has 0 fully saturated rings. The molecule has 0 bridgehead atoms. The molecule has 0 amide bonds. The van der Waals surface area contributed by atoms with E-state index in [9.17, 15) is 0 Å². The second-order valence-corrected chi connectivity index (χ2v) is 8.84. The molecule has 18 heavy (non-hydrogen) atoms. The molecule has 0 N–H and O–H groups in total. The van der Waals surface area contributed by atoms with Crippen molar-refractivity contribution in [2.24, 2.45) is 34.0 Å². The van der Waals surface area contributed by atoms with Crippen molar-refractivity contribution in [3.05, 3.63) is 0 Å². The molecule has 0 aliphatic rings. The van der Waals surface area contributed by atoms with Gasteiger partial charge < -0.3 is 0 Å². The zero-order valence-corrected chi connectivity index (χ0v) is 14.9. The molecule has 110 valence electrons. The largest absolute Gasteiger partial charge is 0.0623 e. The highest BCUT2D eigenvalue weighted by molar-refractivity contribution is 4.92. The van der Waals surface area contributed by atoms with Crippen molar-refractivity contribution < 1.29 is 0 Å². The third-order valence-corrected chi connectivity index (χ3v) is 6.76. The first-order chi connectivity index (χ1) is 7.76. The summed E-state index contributed by atoms with van der Waals surface area (Å²) in [6.07, 6.45) is 1.31. The summed E-state index contributed by atoms with van der Waals surface area (Å²) in [7, 11) is 0. The van der Waals surface area contributed by atoms with Crippen molar-refractivity contribution in [3.63, 3.8) is 0 Å². The summed E-state index contributed by atoms with van der Waals surface area (Å²) in [5.74, 6) is 2.22. The number of rotatable bonds is 6. The lowest BCUT2D eigenvalue weighted by molar-refractivity contribution is 0.00417. The monoisotopic (exact) mass is 254 g/mol. The van der Waals surface area contributed by atoms with Crippen LogP contribution in [-0.2, 0) is 0 Å². The molecule has 0 aromatic heterocycles. The van der Waals surface area contributed by atoms with Gasteiger partial charge >= 0.3 is 0 Å². The highest BCUT2D eigenvalue weighted by Gasteiger charge is 2.42. The first-order valence-corrected chi connectivity index (χ1v) is 7.76. The molecule has 0 radical (unpaired) electrons. The molecule has 0 heterocycles. The van der Waals surface area contributed by atoms with E-state index in [-0.39, 0.29) is 0 Å². The van der Waals surface area contributed by atoms with Crippen molar-refractivity contribution in [2.45, 2.75) is 82.6 Å². The van der Waals surface area contributed by atoms with Gasteiger partial charge in [-0.1, -0.05) is 76.2 Å². The van der Waals surface area contributed by atoms with E-state index >= 15 is 0 Å². The summed E-state index contributed by atoms with van der Waals surface area (Å²) in [4.78, 5) is 0. The Morgan fingerprint density at radius 2 is 1.06 bits per heavy atom. The van der Waals surface area contributed by atoms with Gasteiger partial charge in [-0.05, 0) is 40.4 Å². The molecule has 0 nitrogen and oxygen atoms in total. The first-order valence-electron chi connectivity index (χ1n) is 7.76. The third-order valence-electron chi connectivity index (χ3n) is 6.76. The summed E-state index contributed by atoms with van der Waals surface area (Å²) in [6, 6.07) is 0. The Morgan fingerprint density at radius 3 is 1.33 bits per heavy atom. The van der Waals surface area contributed by atoms with Crippen molar-refractivity contribution in [1.82, 2.24) is 0 Å². The lowest BCUT2D eigenvalue weighted by Gasteiger charge is -2.49. The molecule has 0 spiro atoms. The fourth-order valence-electron chi connectivity index (χ4n) is 2.64. The predicted molar refractivity (Wildman–Crippen MR) is 84.8 cm³/mol. The smallest absolute Gasteiger partial charge is 0.0280 e. The fraction of sp³-hybridized carbons (Fsp3) is 1.00. The van der Waals surface area contributed by atoms with Crippen LogP contribution in [0.15, 0.2) is 0 Å². The molecule has 0 aromatic carbocycles. The predicted octanol–water partition coefficient (Wildman–Crippen LogP) is 6.40. The van der Waals surface area contributed by atoms with Crippen LogP contribution in [0, 0.1) is 34.0 Å². The van der Waals surface area contributed by atoms with Crippen molar-refractivity contribution in [1.29, 1.82) is 0 Å². The van der Waals surface area contributed by atoms with E-state index < -0.39 is 0 Å². The van der Waals surface area contributed by atoms with Crippen LogP contribution in [-0.4, -0.2) is 0 Å². The molecule has 0 rings (SSSR count). The normalized spacial score (nSPS) is 16.5. The summed E-state index contributed by atoms with van der Waals surface area (Å²) >= 11 is 0. The van der Waals surface area contributed by atoms with E-state index in [4.69, 9.17) is 0 Å². The maximum Gasteiger partial charge on any atom is -0.0280 e. The van der Waals surface area contributed by atoms with E-state index in [0.717, 1.165) is 17.8 Å². The first kappa shape index (κ1) is 18.0. The van der Waals surface area contributed by atoms with Crippen LogP contribution in [0.2, 0.25) is 0 Å². The molecule has 0 aromatic rings. The molecule has 0 aliphatic carbocycles. The van der Waals surface area contributed by atoms with Gasteiger partial charge in [-0.3, -0.25) is 0 Å². The van der Waals surface area contributed by atoms with Gasteiger partial charge in [0.15, 0.2) is 0 Å². The second-order valence-electron chi connectivity index (χ2n) is 8.84. The molecule has 0 heteroatoms. The van der Waals surface area contributed by atoms with Crippen LogP contribution >= 0.6 is 0 Å². The maximum atomic E-state index is 2.46. The van der Waals surface area contributed by atoms with Gasteiger partial charge in [0.25, 0.3) is 0 Å². The minimum atomic E-state index is 0.382. The summed E-state index contributed by atoms with van der Waals surface area (Å²) < 4.78 is 0. The van der Waals surface area contributed by atoms with Crippen LogP contribution < -0.4 is 0 Å². The lowest BCUT2D eigenvalue weighted by atomic mass is 9.56. The Bertz CT molecular complexity index is 253. The van der Waals surface area contributed by atoms with E-state index in [2.05, 4.69) is 76.2 Å². The van der Waals surface area contributed by atoms with Gasteiger partial charge in [-0.2, -0.15) is 0 Å². The van der Waals surface area contributed by atoms with Crippen LogP contribution in [0.3, 0.4) is 0 Å². The fourth-order valence-corrected chi connectivity index (χ4v) is 2.64. The van der Waals surface area contributed by atoms with Crippen LogP contribution in [0.5, 0.6) is 0 Å².